The molecule has 1 amide bonds. The van der Waals surface area contributed by atoms with Gasteiger partial charge in [0.2, 0.25) is 10.0 Å². The Morgan fingerprint density at radius 3 is 2.66 bits per heavy atom. The largest absolute Gasteiger partial charge is 0.493 e. The van der Waals surface area contributed by atoms with Gasteiger partial charge < -0.3 is 14.8 Å². The normalized spacial score (nSPS) is 19.8. The topological polar surface area (TPSA) is 84.9 Å². The quantitative estimate of drug-likeness (QED) is 0.827. The molecule has 2 aromatic rings. The number of amides is 1. The third-order valence-corrected chi connectivity index (χ3v) is 7.22. The van der Waals surface area contributed by atoms with Crippen molar-refractivity contribution in [2.45, 2.75) is 24.3 Å². The van der Waals surface area contributed by atoms with Gasteiger partial charge in [-0.15, -0.1) is 0 Å². The molecule has 2 aromatic carbocycles. The van der Waals surface area contributed by atoms with Crippen molar-refractivity contribution in [2.24, 2.45) is 0 Å². The zero-order chi connectivity index (χ0) is 20.4. The molecule has 0 saturated carbocycles. The number of carbonyl (C=O) groups is 1. The van der Waals surface area contributed by atoms with Crippen LogP contribution in [0.3, 0.4) is 0 Å². The van der Waals surface area contributed by atoms with Gasteiger partial charge in [0.25, 0.3) is 5.91 Å². The lowest BCUT2D eigenvalue weighted by atomic mass is 9.99. The molecule has 154 valence electrons. The van der Waals surface area contributed by atoms with Gasteiger partial charge in [0.15, 0.2) is 0 Å². The summed E-state index contributed by atoms with van der Waals surface area (Å²) in [5.74, 6) is 0.479. The summed E-state index contributed by atoms with van der Waals surface area (Å²) in [6.07, 6.45) is 0.660. The van der Waals surface area contributed by atoms with E-state index in [1.54, 1.807) is 19.1 Å². The molecule has 2 aliphatic rings. The Morgan fingerprint density at radius 1 is 1.10 bits per heavy atom. The van der Waals surface area contributed by atoms with Crippen LogP contribution >= 0.6 is 0 Å². The lowest BCUT2D eigenvalue weighted by Gasteiger charge is -2.27. The molecule has 0 unspecified atom stereocenters. The van der Waals surface area contributed by atoms with Crippen LogP contribution in [-0.4, -0.2) is 51.5 Å². The number of hydrogen-bond donors (Lipinski definition) is 1. The van der Waals surface area contributed by atoms with Crippen molar-refractivity contribution in [2.75, 3.05) is 32.9 Å². The number of sulfonamides is 1. The Kier molecular flexibility index (Phi) is 5.58. The number of fused-ring (bicyclic) bond motifs is 1. The zero-order valence-corrected chi connectivity index (χ0v) is 17.1. The van der Waals surface area contributed by atoms with Gasteiger partial charge in [0.05, 0.1) is 30.8 Å². The maximum Gasteiger partial charge on any atom is 0.252 e. The molecule has 8 heteroatoms. The molecule has 1 atom stereocenters. The molecule has 2 aliphatic heterocycles. The highest BCUT2D eigenvalue weighted by molar-refractivity contribution is 7.89. The highest BCUT2D eigenvalue weighted by Crippen LogP contribution is 2.32. The van der Waals surface area contributed by atoms with E-state index in [4.69, 9.17) is 9.47 Å². The highest BCUT2D eigenvalue weighted by Gasteiger charge is 2.28. The van der Waals surface area contributed by atoms with E-state index < -0.39 is 10.0 Å². The van der Waals surface area contributed by atoms with E-state index >= 15 is 0 Å². The number of hydrogen-bond acceptors (Lipinski definition) is 5. The van der Waals surface area contributed by atoms with E-state index in [2.05, 4.69) is 5.32 Å². The van der Waals surface area contributed by atoms with Crippen LogP contribution in [0, 0.1) is 6.92 Å². The Hall–Kier alpha value is -2.42. The van der Waals surface area contributed by atoms with Crippen LogP contribution in [0.4, 0.5) is 0 Å². The van der Waals surface area contributed by atoms with Crippen LogP contribution in [0.25, 0.3) is 0 Å². The monoisotopic (exact) mass is 416 g/mol. The summed E-state index contributed by atoms with van der Waals surface area (Å²) < 4.78 is 38.2. The molecule has 29 heavy (non-hydrogen) atoms. The first kappa shape index (κ1) is 19.9. The molecule has 7 nitrogen and oxygen atoms in total. The molecular weight excluding hydrogens is 392 g/mol. The van der Waals surface area contributed by atoms with E-state index in [9.17, 15) is 13.2 Å². The number of aryl methyl sites for hydroxylation is 1. The number of para-hydroxylation sites is 1. The average molecular weight is 416 g/mol. The number of rotatable bonds is 4. The van der Waals surface area contributed by atoms with Gasteiger partial charge in [0, 0.05) is 30.6 Å². The fraction of sp³-hybridized carbons (Fsp3) is 0.381. The summed E-state index contributed by atoms with van der Waals surface area (Å²) in [5, 5.41) is 3.04. The molecule has 0 radical (unpaired) electrons. The van der Waals surface area contributed by atoms with E-state index in [-0.39, 0.29) is 16.8 Å². The predicted octanol–water partition coefficient (Wildman–Crippen LogP) is 2.27. The van der Waals surface area contributed by atoms with Gasteiger partial charge in [-0.05, 0) is 30.7 Å². The minimum Gasteiger partial charge on any atom is -0.493 e. The first-order valence-electron chi connectivity index (χ1n) is 9.68. The van der Waals surface area contributed by atoms with Gasteiger partial charge in [-0.2, -0.15) is 4.31 Å². The van der Waals surface area contributed by atoms with Crippen LogP contribution in [0.5, 0.6) is 5.75 Å². The SMILES string of the molecule is Cc1ccc(S(=O)(=O)N2CCOCC2)cc1C(=O)N[C@H]1CCOc2ccccc21. The van der Waals surface area contributed by atoms with E-state index in [1.807, 2.05) is 24.3 Å². The second kappa shape index (κ2) is 8.14. The van der Waals surface area contributed by atoms with Gasteiger partial charge in [-0.1, -0.05) is 24.3 Å². The zero-order valence-electron chi connectivity index (χ0n) is 16.3. The minimum absolute atomic E-state index is 0.127. The molecule has 0 aliphatic carbocycles. The fourth-order valence-electron chi connectivity index (χ4n) is 3.67. The molecule has 0 bridgehead atoms. The first-order valence-corrected chi connectivity index (χ1v) is 11.1. The van der Waals surface area contributed by atoms with Gasteiger partial charge in [-0.25, -0.2) is 8.42 Å². The van der Waals surface area contributed by atoms with Crippen molar-refractivity contribution in [1.82, 2.24) is 9.62 Å². The molecule has 2 heterocycles. The van der Waals surface area contributed by atoms with Gasteiger partial charge in [-0.3, -0.25) is 4.79 Å². The Morgan fingerprint density at radius 2 is 1.86 bits per heavy atom. The number of carbonyl (C=O) groups excluding carboxylic acids is 1. The minimum atomic E-state index is -3.66. The summed E-state index contributed by atoms with van der Waals surface area (Å²) in [6.45, 7) is 3.71. The lowest BCUT2D eigenvalue weighted by molar-refractivity contribution is 0.0730. The molecule has 0 spiro atoms. The van der Waals surface area contributed by atoms with E-state index in [0.717, 1.165) is 16.9 Å². The van der Waals surface area contributed by atoms with Crippen LogP contribution in [0.1, 0.15) is 33.9 Å². The van der Waals surface area contributed by atoms with E-state index in [0.29, 0.717) is 44.9 Å². The maximum absolute atomic E-state index is 13.0. The summed E-state index contributed by atoms with van der Waals surface area (Å²) in [5.41, 5.74) is 2.02. The lowest BCUT2D eigenvalue weighted by Crippen LogP contribution is -2.40. The van der Waals surface area contributed by atoms with Crippen molar-refractivity contribution in [3.8, 4) is 5.75 Å². The maximum atomic E-state index is 13.0. The molecule has 1 N–H and O–H groups in total. The van der Waals surface area contributed by atoms with Crippen molar-refractivity contribution in [1.29, 1.82) is 0 Å². The van der Waals surface area contributed by atoms with Crippen molar-refractivity contribution < 1.29 is 22.7 Å². The van der Waals surface area contributed by atoms with Crippen molar-refractivity contribution >= 4 is 15.9 Å². The fourth-order valence-corrected chi connectivity index (χ4v) is 5.10. The molecular formula is C21H24N2O5S. The van der Waals surface area contributed by atoms with Gasteiger partial charge in [0.1, 0.15) is 5.75 Å². The molecule has 4 rings (SSSR count). The summed E-state index contributed by atoms with van der Waals surface area (Å²) in [6, 6.07) is 12.2. The number of nitrogens with zero attached hydrogens (tertiary/aromatic N) is 1. The summed E-state index contributed by atoms with van der Waals surface area (Å²) >= 11 is 0. The van der Waals surface area contributed by atoms with Crippen molar-refractivity contribution in [3.63, 3.8) is 0 Å². The smallest absolute Gasteiger partial charge is 0.252 e. The summed E-state index contributed by atoms with van der Waals surface area (Å²) in [7, 11) is -3.66. The Bertz CT molecular complexity index is 1020. The molecule has 1 fully saturated rings. The number of morpholine rings is 1. The predicted molar refractivity (Wildman–Crippen MR) is 108 cm³/mol. The van der Waals surface area contributed by atoms with Gasteiger partial charge >= 0.3 is 0 Å². The number of ether oxygens (including phenoxy) is 2. The Balaban J connectivity index is 1.59. The number of benzene rings is 2. The third-order valence-electron chi connectivity index (χ3n) is 5.33. The van der Waals surface area contributed by atoms with Crippen molar-refractivity contribution in [3.05, 3.63) is 59.2 Å². The number of nitrogens with one attached hydrogen (secondary N) is 1. The Labute approximate surface area is 170 Å². The van der Waals surface area contributed by atoms with Crippen LogP contribution < -0.4 is 10.1 Å². The second-order valence-corrected chi connectivity index (χ2v) is 9.13. The summed E-state index contributed by atoms with van der Waals surface area (Å²) in [4.78, 5) is 13.1. The third kappa shape index (κ3) is 4.01. The first-order chi connectivity index (χ1) is 14.0. The molecule has 1 saturated heterocycles. The van der Waals surface area contributed by atoms with Crippen LogP contribution in [0.15, 0.2) is 47.4 Å². The molecule has 0 aromatic heterocycles. The highest BCUT2D eigenvalue weighted by atomic mass is 32.2. The van der Waals surface area contributed by atoms with Crippen LogP contribution in [-0.2, 0) is 14.8 Å². The standard InChI is InChI=1S/C21H24N2O5S/c1-15-6-7-16(29(25,26)23-9-12-27-13-10-23)14-18(15)21(24)22-19-8-11-28-20-5-3-2-4-17(19)20/h2-7,14,19H,8-13H2,1H3,(H,22,24)/t19-/m0/s1. The second-order valence-electron chi connectivity index (χ2n) is 7.19. The van der Waals surface area contributed by atoms with E-state index in [1.165, 1.54) is 10.4 Å². The van der Waals surface area contributed by atoms with Crippen LogP contribution in [0.2, 0.25) is 0 Å². The average Bonchev–Trinajstić information content (AvgIpc) is 2.75.